The Morgan fingerprint density at radius 1 is 0.857 bits per heavy atom. The normalized spacial score (nSPS) is 11.2. The summed E-state index contributed by atoms with van der Waals surface area (Å²) in [6.07, 6.45) is 7.93. The molecule has 4 rings (SSSR count). The highest BCUT2D eigenvalue weighted by molar-refractivity contribution is 5.96. The third kappa shape index (κ3) is 8.16. The number of nitrogens with zero attached hydrogens (tertiary/aromatic N) is 1. The van der Waals surface area contributed by atoms with Gasteiger partial charge in [-0.05, 0) is 72.7 Å². The molecule has 0 spiro atoms. The molecule has 3 aromatic carbocycles. The van der Waals surface area contributed by atoms with E-state index < -0.39 is 11.9 Å². The summed E-state index contributed by atoms with van der Waals surface area (Å²) in [5, 5.41) is 19.3. The minimum atomic E-state index is -0.909. The van der Waals surface area contributed by atoms with E-state index in [2.05, 4.69) is 0 Å². The van der Waals surface area contributed by atoms with E-state index >= 15 is 0 Å². The second-order valence-corrected chi connectivity index (χ2v) is 10.1. The van der Waals surface area contributed by atoms with Crippen LogP contribution in [0.1, 0.15) is 47.9 Å². The van der Waals surface area contributed by atoms with Gasteiger partial charge in [0.25, 0.3) is 0 Å². The molecule has 0 aliphatic rings. The summed E-state index contributed by atoms with van der Waals surface area (Å²) in [5.74, 6) is 0.560. The number of rotatable bonds is 16. The van der Waals surface area contributed by atoms with Crippen molar-refractivity contribution in [1.82, 2.24) is 4.57 Å². The van der Waals surface area contributed by atoms with Crippen LogP contribution >= 0.6 is 0 Å². The van der Waals surface area contributed by atoms with E-state index in [0.29, 0.717) is 31.7 Å². The number of carboxylic acids is 2. The molecular formula is C34H37NO7. The number of methoxy groups -OCH3 is 1. The van der Waals surface area contributed by atoms with E-state index in [4.69, 9.17) is 19.3 Å². The molecule has 42 heavy (non-hydrogen) atoms. The fourth-order valence-electron chi connectivity index (χ4n) is 4.89. The average molecular weight is 572 g/mol. The lowest BCUT2D eigenvalue weighted by atomic mass is 10.0. The number of para-hydroxylation sites is 1. The van der Waals surface area contributed by atoms with Crippen molar-refractivity contribution in [3.05, 3.63) is 89.1 Å². The zero-order valence-corrected chi connectivity index (χ0v) is 24.0. The first kappa shape index (κ1) is 30.2. The van der Waals surface area contributed by atoms with Crippen LogP contribution in [0.2, 0.25) is 0 Å². The van der Waals surface area contributed by atoms with Crippen molar-refractivity contribution in [1.29, 1.82) is 0 Å². The van der Waals surface area contributed by atoms with E-state index in [1.807, 2.05) is 90.5 Å². The third-order valence-corrected chi connectivity index (χ3v) is 6.93. The van der Waals surface area contributed by atoms with Crippen LogP contribution in [0.4, 0.5) is 0 Å². The highest BCUT2D eigenvalue weighted by Gasteiger charge is 2.14. The fraction of sp³-hybridized carbons (Fsp3) is 0.294. The summed E-state index contributed by atoms with van der Waals surface area (Å²) in [7, 11) is 1.64. The monoisotopic (exact) mass is 571 g/mol. The molecule has 0 bridgehead atoms. The van der Waals surface area contributed by atoms with Crippen LogP contribution in [0.25, 0.3) is 23.1 Å². The fourth-order valence-corrected chi connectivity index (χ4v) is 4.89. The number of carbonyl (C=O) groups is 2. The zero-order chi connectivity index (χ0) is 29.9. The average Bonchev–Trinajstić information content (AvgIpc) is 3.31. The van der Waals surface area contributed by atoms with Gasteiger partial charge in [0, 0.05) is 30.1 Å². The molecule has 8 nitrogen and oxygen atoms in total. The topological polar surface area (TPSA) is 107 Å². The molecule has 0 atom stereocenters. The predicted molar refractivity (Wildman–Crippen MR) is 163 cm³/mol. The number of aryl methyl sites for hydroxylation is 2. The van der Waals surface area contributed by atoms with Gasteiger partial charge in [-0.25, -0.2) is 0 Å². The first-order chi connectivity index (χ1) is 20.4. The zero-order valence-electron chi connectivity index (χ0n) is 24.0. The number of unbranched alkanes of at least 4 members (excludes halogenated alkanes) is 1. The van der Waals surface area contributed by atoms with E-state index in [0.717, 1.165) is 57.7 Å². The maximum atomic E-state index is 11.5. The first-order valence-corrected chi connectivity index (χ1v) is 14.1. The van der Waals surface area contributed by atoms with E-state index in [1.54, 1.807) is 7.11 Å². The molecule has 2 N–H and O–H groups in total. The lowest BCUT2D eigenvalue weighted by Crippen LogP contribution is -2.04. The Morgan fingerprint density at radius 2 is 1.60 bits per heavy atom. The number of ether oxygens (including phenoxy) is 3. The second kappa shape index (κ2) is 14.8. The van der Waals surface area contributed by atoms with Gasteiger partial charge in [-0.15, -0.1) is 0 Å². The van der Waals surface area contributed by atoms with Gasteiger partial charge in [0.05, 0.1) is 26.7 Å². The van der Waals surface area contributed by atoms with E-state index in [-0.39, 0.29) is 12.8 Å². The van der Waals surface area contributed by atoms with Crippen LogP contribution in [0, 0.1) is 6.92 Å². The maximum absolute atomic E-state index is 11.5. The predicted octanol–water partition coefficient (Wildman–Crippen LogP) is 6.86. The molecule has 0 aliphatic heterocycles. The molecule has 0 saturated heterocycles. The van der Waals surface area contributed by atoms with Gasteiger partial charge in [0.1, 0.15) is 5.75 Å². The lowest BCUT2D eigenvalue weighted by Gasteiger charge is -2.13. The van der Waals surface area contributed by atoms with Crippen LogP contribution in [0.3, 0.4) is 0 Å². The maximum Gasteiger partial charge on any atom is 0.307 e. The van der Waals surface area contributed by atoms with Gasteiger partial charge in [0.15, 0.2) is 11.5 Å². The van der Waals surface area contributed by atoms with Gasteiger partial charge in [-0.3, -0.25) is 9.59 Å². The van der Waals surface area contributed by atoms with Crippen molar-refractivity contribution >= 4 is 35.0 Å². The Kier molecular flexibility index (Phi) is 10.6. The first-order valence-electron chi connectivity index (χ1n) is 14.1. The van der Waals surface area contributed by atoms with Gasteiger partial charge < -0.3 is 29.0 Å². The summed E-state index contributed by atoms with van der Waals surface area (Å²) in [6.45, 7) is 3.68. The van der Waals surface area contributed by atoms with Crippen molar-refractivity contribution < 1.29 is 34.0 Å². The van der Waals surface area contributed by atoms with Gasteiger partial charge >= 0.3 is 11.9 Å². The number of hydrogen-bond acceptors (Lipinski definition) is 5. The molecule has 0 radical (unpaired) electrons. The summed E-state index contributed by atoms with van der Waals surface area (Å²) < 4.78 is 19.2. The highest BCUT2D eigenvalue weighted by atomic mass is 16.5. The summed E-state index contributed by atoms with van der Waals surface area (Å²) in [6, 6.07) is 19.5. The molecule has 0 fully saturated rings. The summed E-state index contributed by atoms with van der Waals surface area (Å²) >= 11 is 0. The van der Waals surface area contributed by atoms with Gasteiger partial charge in [0.2, 0.25) is 0 Å². The van der Waals surface area contributed by atoms with Gasteiger partial charge in [-0.2, -0.15) is 0 Å². The molecule has 0 amide bonds. The van der Waals surface area contributed by atoms with E-state index in [9.17, 15) is 14.7 Å². The van der Waals surface area contributed by atoms with Crippen LogP contribution < -0.4 is 14.2 Å². The highest BCUT2D eigenvalue weighted by Crippen LogP contribution is 2.31. The third-order valence-electron chi connectivity index (χ3n) is 6.93. The SMILES string of the molecule is COc1cccc(C)c1OCCCCOc1ccc(/C=C/c2cccc3c2c(CC(=O)O)cn3CCCC(=O)O)cc1. The standard InChI is InChI=1S/C34H37NO7/c1-24-8-5-11-30(40-2)34(24)42-21-4-3-20-41-28-17-14-25(15-18-28)13-16-26-9-6-10-29-33(26)27(22-32(38)39)23-35(29)19-7-12-31(36)37/h5-6,8-11,13-18,23H,3-4,7,12,19-22H2,1-2H3,(H,36,37)(H,38,39)/b16-13+. The summed E-state index contributed by atoms with van der Waals surface area (Å²) in [4.78, 5) is 22.5. The Bertz CT molecular complexity index is 1540. The van der Waals surface area contributed by atoms with Crippen molar-refractivity contribution in [2.45, 2.75) is 45.6 Å². The van der Waals surface area contributed by atoms with Crippen LogP contribution in [-0.2, 0) is 22.6 Å². The molecular weight excluding hydrogens is 534 g/mol. The quantitative estimate of drug-likeness (QED) is 0.112. The van der Waals surface area contributed by atoms with Crippen molar-refractivity contribution in [3.8, 4) is 17.2 Å². The minimum Gasteiger partial charge on any atom is -0.494 e. The second-order valence-electron chi connectivity index (χ2n) is 10.1. The van der Waals surface area contributed by atoms with Crippen molar-refractivity contribution in [2.24, 2.45) is 0 Å². The van der Waals surface area contributed by atoms with Crippen molar-refractivity contribution in [3.63, 3.8) is 0 Å². The number of benzene rings is 3. The number of aliphatic carboxylic acids is 2. The Hall–Kier alpha value is -4.72. The molecule has 0 unspecified atom stereocenters. The Balaban J connectivity index is 1.33. The van der Waals surface area contributed by atoms with Crippen LogP contribution in [0.5, 0.6) is 17.2 Å². The van der Waals surface area contributed by atoms with Crippen LogP contribution in [0.15, 0.2) is 66.9 Å². The van der Waals surface area contributed by atoms with E-state index in [1.165, 1.54) is 0 Å². The molecule has 0 saturated carbocycles. The molecule has 8 heteroatoms. The molecule has 1 aromatic heterocycles. The Morgan fingerprint density at radius 3 is 2.31 bits per heavy atom. The molecule has 4 aromatic rings. The van der Waals surface area contributed by atoms with Crippen LogP contribution in [-0.4, -0.2) is 47.0 Å². The number of aromatic nitrogens is 1. The van der Waals surface area contributed by atoms with Gasteiger partial charge in [-0.1, -0.05) is 48.6 Å². The smallest absolute Gasteiger partial charge is 0.307 e. The number of hydrogen-bond donors (Lipinski definition) is 2. The molecule has 0 aliphatic carbocycles. The molecule has 1 heterocycles. The molecule has 220 valence electrons. The minimum absolute atomic E-state index is 0.0608. The summed E-state index contributed by atoms with van der Waals surface area (Å²) in [5.41, 5.74) is 4.54. The number of carboxylic acid groups (broad SMARTS) is 2. The van der Waals surface area contributed by atoms with Crippen molar-refractivity contribution in [2.75, 3.05) is 20.3 Å². The lowest BCUT2D eigenvalue weighted by molar-refractivity contribution is -0.137. The number of fused-ring (bicyclic) bond motifs is 1. The largest absolute Gasteiger partial charge is 0.494 e. The Labute approximate surface area is 245 Å².